The maximum absolute atomic E-state index is 8.94. The molecule has 1 atom stereocenters. The molecule has 0 amide bonds. The number of nitrogens with one attached hydrogen (secondary N) is 1. The molecular formula is C7H12N2OS. The fourth-order valence-corrected chi connectivity index (χ4v) is 1.59. The average molecular weight is 172 g/mol. The van der Waals surface area contributed by atoms with E-state index in [9.17, 15) is 0 Å². The molecule has 1 rings (SSSR count). The van der Waals surface area contributed by atoms with Gasteiger partial charge in [0.25, 0.3) is 0 Å². The molecule has 11 heavy (non-hydrogen) atoms. The summed E-state index contributed by atoms with van der Waals surface area (Å²) < 4.78 is 0. The maximum Gasteiger partial charge on any atom is 0.165 e. The lowest BCUT2D eigenvalue weighted by atomic mass is 10.3. The van der Waals surface area contributed by atoms with Gasteiger partial charge in [-0.15, -0.1) is 0 Å². The normalized spacial score (nSPS) is 13.3. The van der Waals surface area contributed by atoms with Crippen LogP contribution in [-0.2, 0) is 0 Å². The Morgan fingerprint density at radius 2 is 2.64 bits per heavy atom. The van der Waals surface area contributed by atoms with Gasteiger partial charge in [-0.25, -0.2) is 4.98 Å². The minimum atomic E-state index is -0.211. The number of H-pyrrole nitrogens is 1. The van der Waals surface area contributed by atoms with Crippen molar-refractivity contribution in [3.8, 4) is 0 Å². The van der Waals surface area contributed by atoms with E-state index in [1.807, 2.05) is 0 Å². The van der Waals surface area contributed by atoms with Crippen LogP contribution in [0, 0.1) is 0 Å². The van der Waals surface area contributed by atoms with E-state index in [-0.39, 0.29) is 6.10 Å². The lowest BCUT2D eigenvalue weighted by Gasteiger charge is -2.00. The Balaban J connectivity index is 2.14. The highest BCUT2D eigenvalue weighted by atomic mass is 32.2. The third-order valence-corrected chi connectivity index (χ3v) is 2.18. The molecule has 3 nitrogen and oxygen atoms in total. The number of rotatable bonds is 4. The van der Waals surface area contributed by atoms with Crippen LogP contribution >= 0.6 is 11.8 Å². The molecule has 2 N–H and O–H groups in total. The van der Waals surface area contributed by atoms with Gasteiger partial charge in [0.2, 0.25) is 0 Å². The summed E-state index contributed by atoms with van der Waals surface area (Å²) in [6.07, 6.45) is 4.12. The SMILES string of the molecule is CC(O)CCSc1ncc[nH]1. The van der Waals surface area contributed by atoms with Crippen molar-refractivity contribution in [2.24, 2.45) is 0 Å². The molecule has 0 aliphatic rings. The van der Waals surface area contributed by atoms with Crippen molar-refractivity contribution >= 4 is 11.8 Å². The van der Waals surface area contributed by atoms with E-state index in [2.05, 4.69) is 9.97 Å². The van der Waals surface area contributed by atoms with Gasteiger partial charge in [-0.3, -0.25) is 0 Å². The van der Waals surface area contributed by atoms with E-state index in [4.69, 9.17) is 5.11 Å². The number of hydrogen-bond donors (Lipinski definition) is 2. The summed E-state index contributed by atoms with van der Waals surface area (Å²) in [4.78, 5) is 7.02. The minimum Gasteiger partial charge on any atom is -0.393 e. The van der Waals surface area contributed by atoms with Crippen LogP contribution in [0.1, 0.15) is 13.3 Å². The van der Waals surface area contributed by atoms with E-state index >= 15 is 0 Å². The third kappa shape index (κ3) is 3.43. The van der Waals surface area contributed by atoms with Crippen molar-refractivity contribution in [1.29, 1.82) is 0 Å². The second-order valence-corrected chi connectivity index (χ2v) is 3.46. The zero-order chi connectivity index (χ0) is 8.10. The molecule has 0 aliphatic heterocycles. The quantitative estimate of drug-likeness (QED) is 0.672. The molecule has 1 aromatic heterocycles. The number of aromatic amines is 1. The summed E-state index contributed by atoms with van der Waals surface area (Å²) in [6, 6.07) is 0. The monoisotopic (exact) mass is 172 g/mol. The van der Waals surface area contributed by atoms with Gasteiger partial charge in [-0.1, -0.05) is 11.8 Å². The summed E-state index contributed by atoms with van der Waals surface area (Å²) in [7, 11) is 0. The van der Waals surface area contributed by atoms with Crippen LogP contribution < -0.4 is 0 Å². The fraction of sp³-hybridized carbons (Fsp3) is 0.571. The molecule has 0 saturated carbocycles. The van der Waals surface area contributed by atoms with E-state index in [1.165, 1.54) is 0 Å². The molecule has 62 valence electrons. The summed E-state index contributed by atoms with van der Waals surface area (Å²) in [6.45, 7) is 1.79. The van der Waals surface area contributed by atoms with Crippen molar-refractivity contribution in [2.75, 3.05) is 5.75 Å². The lowest BCUT2D eigenvalue weighted by molar-refractivity contribution is 0.192. The molecular weight excluding hydrogens is 160 g/mol. The van der Waals surface area contributed by atoms with E-state index in [0.717, 1.165) is 17.3 Å². The minimum absolute atomic E-state index is 0.211. The van der Waals surface area contributed by atoms with Crippen molar-refractivity contribution in [3.63, 3.8) is 0 Å². The maximum atomic E-state index is 8.94. The predicted molar refractivity (Wildman–Crippen MR) is 45.6 cm³/mol. The first-order valence-electron chi connectivity index (χ1n) is 3.59. The van der Waals surface area contributed by atoms with Crippen molar-refractivity contribution < 1.29 is 5.11 Å². The van der Waals surface area contributed by atoms with Crippen LogP contribution in [0.2, 0.25) is 0 Å². The summed E-state index contributed by atoms with van der Waals surface area (Å²) in [5.41, 5.74) is 0. The van der Waals surface area contributed by atoms with Gasteiger partial charge in [0.1, 0.15) is 0 Å². The first kappa shape index (κ1) is 8.62. The van der Waals surface area contributed by atoms with Gasteiger partial charge in [-0.2, -0.15) is 0 Å². The predicted octanol–water partition coefficient (Wildman–Crippen LogP) is 1.27. The Bertz CT molecular complexity index is 186. The molecule has 4 heteroatoms. The number of thioether (sulfide) groups is 1. The molecule has 0 radical (unpaired) electrons. The Kier molecular flexibility index (Phi) is 3.45. The summed E-state index contributed by atoms with van der Waals surface area (Å²) >= 11 is 1.63. The zero-order valence-electron chi connectivity index (χ0n) is 6.45. The van der Waals surface area contributed by atoms with Crippen LogP contribution in [0.25, 0.3) is 0 Å². The Labute approximate surface area is 70.2 Å². The fourth-order valence-electron chi connectivity index (χ4n) is 0.656. The van der Waals surface area contributed by atoms with Gasteiger partial charge in [-0.05, 0) is 13.3 Å². The lowest BCUT2D eigenvalue weighted by Crippen LogP contribution is -2.00. The molecule has 0 bridgehead atoms. The second kappa shape index (κ2) is 4.41. The van der Waals surface area contributed by atoms with Crippen LogP contribution in [0.5, 0.6) is 0 Å². The second-order valence-electron chi connectivity index (χ2n) is 2.38. The van der Waals surface area contributed by atoms with Gasteiger partial charge in [0, 0.05) is 18.1 Å². The number of nitrogens with zero attached hydrogens (tertiary/aromatic N) is 1. The summed E-state index contributed by atoms with van der Waals surface area (Å²) in [5, 5.41) is 9.86. The highest BCUT2D eigenvalue weighted by Crippen LogP contribution is 2.13. The van der Waals surface area contributed by atoms with Gasteiger partial charge >= 0.3 is 0 Å². The van der Waals surface area contributed by atoms with Crippen LogP contribution in [0.3, 0.4) is 0 Å². The van der Waals surface area contributed by atoms with Gasteiger partial charge in [0.05, 0.1) is 6.10 Å². The number of hydrogen-bond acceptors (Lipinski definition) is 3. The molecule has 1 unspecified atom stereocenters. The number of aliphatic hydroxyl groups is 1. The third-order valence-electron chi connectivity index (χ3n) is 1.25. The molecule has 0 saturated heterocycles. The zero-order valence-corrected chi connectivity index (χ0v) is 7.27. The average Bonchev–Trinajstić information content (AvgIpc) is 2.39. The standard InChI is InChI=1S/C7H12N2OS/c1-6(10)2-5-11-7-8-3-4-9-7/h3-4,6,10H,2,5H2,1H3,(H,8,9). The molecule has 0 fully saturated rings. The van der Waals surface area contributed by atoms with Crippen LogP contribution in [0.4, 0.5) is 0 Å². The molecule has 0 spiro atoms. The first-order valence-corrected chi connectivity index (χ1v) is 4.58. The first-order chi connectivity index (χ1) is 5.29. The van der Waals surface area contributed by atoms with Crippen LogP contribution in [-0.4, -0.2) is 26.9 Å². The molecule has 0 aromatic carbocycles. The smallest absolute Gasteiger partial charge is 0.165 e. The van der Waals surface area contributed by atoms with E-state index < -0.39 is 0 Å². The van der Waals surface area contributed by atoms with Crippen molar-refractivity contribution in [3.05, 3.63) is 12.4 Å². The highest BCUT2D eigenvalue weighted by molar-refractivity contribution is 7.99. The molecule has 1 heterocycles. The van der Waals surface area contributed by atoms with Crippen molar-refractivity contribution in [2.45, 2.75) is 24.6 Å². The molecule has 1 aromatic rings. The van der Waals surface area contributed by atoms with Crippen LogP contribution in [0.15, 0.2) is 17.6 Å². The van der Waals surface area contributed by atoms with E-state index in [1.54, 1.807) is 31.1 Å². The number of aromatic nitrogens is 2. The van der Waals surface area contributed by atoms with Gasteiger partial charge in [0.15, 0.2) is 5.16 Å². The topological polar surface area (TPSA) is 48.9 Å². The highest BCUT2D eigenvalue weighted by Gasteiger charge is 1.98. The van der Waals surface area contributed by atoms with Crippen molar-refractivity contribution in [1.82, 2.24) is 9.97 Å². The number of aliphatic hydroxyl groups excluding tert-OH is 1. The van der Waals surface area contributed by atoms with E-state index in [0.29, 0.717) is 0 Å². The largest absolute Gasteiger partial charge is 0.393 e. The summed E-state index contributed by atoms with van der Waals surface area (Å²) in [5.74, 6) is 0.908. The Morgan fingerprint density at radius 1 is 1.82 bits per heavy atom. The van der Waals surface area contributed by atoms with Gasteiger partial charge < -0.3 is 10.1 Å². The molecule has 0 aliphatic carbocycles. The Morgan fingerprint density at radius 3 is 3.18 bits per heavy atom. The Hall–Kier alpha value is -0.480. The number of imidazole rings is 1.